The van der Waals surface area contributed by atoms with Crippen molar-refractivity contribution in [1.29, 1.82) is 0 Å². The second kappa shape index (κ2) is 59.1. The molecule has 0 aliphatic rings. The van der Waals surface area contributed by atoms with Gasteiger partial charge >= 0.3 is 0 Å². The fraction of sp³-hybridized carbons (Fsp3) is 0.986. The lowest BCUT2D eigenvalue weighted by atomic mass is 9.67. The van der Waals surface area contributed by atoms with Gasteiger partial charge in [-0.2, -0.15) is 0 Å². The minimum Gasteiger partial charge on any atom is -0.394 e. The van der Waals surface area contributed by atoms with E-state index in [0.29, 0.717) is 25.9 Å². The minimum absolute atomic E-state index is 0.108. The van der Waals surface area contributed by atoms with E-state index in [1.165, 1.54) is 276 Å². The van der Waals surface area contributed by atoms with Crippen molar-refractivity contribution in [1.82, 2.24) is 0 Å². The zero-order chi connectivity index (χ0) is 55.6. The number of hydrogen-bond donors (Lipinski definition) is 4. The van der Waals surface area contributed by atoms with E-state index in [4.69, 9.17) is 4.74 Å². The molecule has 4 atom stereocenters. The Balaban J connectivity index is 5.92. The maximum absolute atomic E-state index is 15.2. The van der Waals surface area contributed by atoms with E-state index in [9.17, 15) is 20.4 Å². The molecule has 0 saturated heterocycles. The van der Waals surface area contributed by atoms with Crippen LogP contribution in [0.1, 0.15) is 407 Å². The van der Waals surface area contributed by atoms with E-state index in [1.807, 2.05) is 0 Å². The van der Waals surface area contributed by atoms with Gasteiger partial charge in [0.15, 0.2) is 11.4 Å². The molecule has 6 nitrogen and oxygen atoms in total. The summed E-state index contributed by atoms with van der Waals surface area (Å²) in [5.74, 6) is -0.108. The lowest BCUT2D eigenvalue weighted by molar-refractivity contribution is -0.244. The first-order chi connectivity index (χ1) is 37.3. The third kappa shape index (κ3) is 43.2. The first-order valence-electron chi connectivity index (χ1n) is 35.2. The van der Waals surface area contributed by atoms with Crippen molar-refractivity contribution in [3.63, 3.8) is 0 Å². The number of Topliss-reactive ketones (excluding diaryl/α,β-unsaturated/α-hetero) is 1. The summed E-state index contributed by atoms with van der Waals surface area (Å²) >= 11 is 0. The van der Waals surface area contributed by atoms with E-state index in [-0.39, 0.29) is 12.2 Å². The smallest absolute Gasteiger partial charge is 0.167 e. The van der Waals surface area contributed by atoms with Crippen molar-refractivity contribution >= 4 is 5.78 Å². The van der Waals surface area contributed by atoms with Gasteiger partial charge in [-0.05, 0) is 32.1 Å². The van der Waals surface area contributed by atoms with Crippen molar-refractivity contribution in [2.75, 3.05) is 13.2 Å². The quantitative estimate of drug-likeness (QED) is 0.0452. The summed E-state index contributed by atoms with van der Waals surface area (Å²) < 4.78 is 6.98. The third-order valence-electron chi connectivity index (χ3n) is 17.6. The molecule has 0 rings (SSSR count). The van der Waals surface area contributed by atoms with Crippen LogP contribution in [0.25, 0.3) is 0 Å². The van der Waals surface area contributed by atoms with Crippen LogP contribution in [0.3, 0.4) is 0 Å². The van der Waals surface area contributed by atoms with Crippen LogP contribution in [-0.4, -0.2) is 62.8 Å². The van der Waals surface area contributed by atoms with Crippen molar-refractivity contribution in [2.24, 2.45) is 0 Å². The number of carbonyl (C=O) groups is 1. The number of hydrogen-bond acceptors (Lipinski definition) is 6. The van der Waals surface area contributed by atoms with Crippen LogP contribution in [0.2, 0.25) is 0 Å². The minimum atomic E-state index is -2.01. The molecule has 0 aromatic carbocycles. The molecule has 76 heavy (non-hydrogen) atoms. The van der Waals surface area contributed by atoms with Gasteiger partial charge in [0.2, 0.25) is 0 Å². The van der Waals surface area contributed by atoms with Crippen LogP contribution in [0.15, 0.2) is 0 Å². The molecule has 3 unspecified atom stereocenters. The Kier molecular flexibility index (Phi) is 58.7. The Morgan fingerprint density at radius 3 is 0.816 bits per heavy atom. The van der Waals surface area contributed by atoms with E-state index < -0.39 is 30.0 Å². The SMILES string of the molecule is CCCCCCCCCCCCCCCCO[C@@](CCCCCCCCCCCCCCCC)(C(=O)CCCCCCCCCCCCCCCC)C(O)(CCCCCCCCCCCCCCCC)C(O)C(O)CO. The number of ether oxygens (including phenoxy) is 1. The molecule has 0 aromatic rings. The van der Waals surface area contributed by atoms with E-state index in [0.717, 1.165) is 77.0 Å². The summed E-state index contributed by atoms with van der Waals surface area (Å²) in [4.78, 5) is 15.2. The predicted octanol–water partition coefficient (Wildman–Crippen LogP) is 21.9. The Bertz CT molecular complexity index is 1130. The first kappa shape index (κ1) is 75.5. The fourth-order valence-corrected chi connectivity index (χ4v) is 12.3. The molecule has 0 fully saturated rings. The average molecular weight is 1080 g/mol. The molecule has 0 amide bonds. The van der Waals surface area contributed by atoms with Crippen LogP contribution >= 0.6 is 0 Å². The molecule has 456 valence electrons. The van der Waals surface area contributed by atoms with Crippen LogP contribution in [0.5, 0.6) is 0 Å². The molecular weight excluding hydrogens is 937 g/mol. The second-order valence-corrected chi connectivity index (χ2v) is 24.9. The summed E-state index contributed by atoms with van der Waals surface area (Å²) in [7, 11) is 0. The molecule has 0 bridgehead atoms. The summed E-state index contributed by atoms with van der Waals surface area (Å²) in [6.45, 7) is 8.80. The van der Waals surface area contributed by atoms with E-state index in [1.54, 1.807) is 0 Å². The third-order valence-corrected chi connectivity index (χ3v) is 17.6. The highest BCUT2D eigenvalue weighted by molar-refractivity contribution is 5.89. The molecule has 4 N–H and O–H groups in total. The summed E-state index contributed by atoms with van der Waals surface area (Å²) in [5, 5.41) is 46.8. The molecule has 6 heteroatoms. The van der Waals surface area contributed by atoms with Gasteiger partial charge in [0, 0.05) is 13.0 Å². The van der Waals surface area contributed by atoms with Gasteiger partial charge in [-0.3, -0.25) is 4.79 Å². The molecule has 0 spiro atoms. The topological polar surface area (TPSA) is 107 Å². The van der Waals surface area contributed by atoms with Gasteiger partial charge in [0.1, 0.15) is 17.8 Å². The maximum Gasteiger partial charge on any atom is 0.167 e. The molecule has 0 aliphatic carbocycles. The highest BCUT2D eigenvalue weighted by Crippen LogP contribution is 2.42. The fourth-order valence-electron chi connectivity index (χ4n) is 12.3. The molecule has 0 aromatic heterocycles. The van der Waals surface area contributed by atoms with Crippen molar-refractivity contribution in [2.45, 2.75) is 430 Å². The lowest BCUT2D eigenvalue weighted by Gasteiger charge is -2.49. The average Bonchev–Trinajstić information content (AvgIpc) is 3.43. The summed E-state index contributed by atoms with van der Waals surface area (Å²) in [6, 6.07) is 0. The second-order valence-electron chi connectivity index (χ2n) is 24.9. The first-order valence-corrected chi connectivity index (χ1v) is 35.2. The van der Waals surface area contributed by atoms with Crippen molar-refractivity contribution in [3.05, 3.63) is 0 Å². The van der Waals surface area contributed by atoms with Gasteiger partial charge in [0.25, 0.3) is 0 Å². The van der Waals surface area contributed by atoms with Crippen molar-refractivity contribution in [3.8, 4) is 0 Å². The van der Waals surface area contributed by atoms with Crippen LogP contribution < -0.4 is 0 Å². The summed E-state index contributed by atoms with van der Waals surface area (Å²) in [5.41, 5.74) is -3.64. The van der Waals surface area contributed by atoms with Crippen LogP contribution in [-0.2, 0) is 9.53 Å². The Morgan fingerprint density at radius 2 is 0.553 bits per heavy atom. The van der Waals surface area contributed by atoms with Gasteiger partial charge in [0.05, 0.1) is 6.61 Å². The van der Waals surface area contributed by atoms with Gasteiger partial charge in [-0.15, -0.1) is 0 Å². The molecule has 0 heterocycles. The van der Waals surface area contributed by atoms with Crippen molar-refractivity contribution < 1.29 is 30.0 Å². The largest absolute Gasteiger partial charge is 0.394 e. The number of unbranched alkanes of at least 4 members (excludes halogenated alkanes) is 52. The van der Waals surface area contributed by atoms with Crippen LogP contribution in [0, 0.1) is 0 Å². The molecule has 0 aliphatic heterocycles. The monoisotopic (exact) mass is 1080 g/mol. The zero-order valence-electron chi connectivity index (χ0n) is 52.4. The van der Waals surface area contributed by atoms with Gasteiger partial charge < -0.3 is 25.2 Å². The highest BCUT2D eigenvalue weighted by Gasteiger charge is 2.60. The molecule has 0 saturated carbocycles. The van der Waals surface area contributed by atoms with Crippen LogP contribution in [0.4, 0.5) is 0 Å². The van der Waals surface area contributed by atoms with E-state index >= 15 is 4.79 Å². The predicted molar refractivity (Wildman–Crippen MR) is 333 cm³/mol. The number of rotatable bonds is 66. The maximum atomic E-state index is 15.2. The molecule has 0 radical (unpaired) electrons. The number of carbonyl (C=O) groups excluding carboxylic acids is 1. The lowest BCUT2D eigenvalue weighted by Crippen LogP contribution is -2.69. The summed E-state index contributed by atoms with van der Waals surface area (Å²) in [6.07, 6.45) is 66.8. The number of aliphatic hydroxyl groups excluding tert-OH is 3. The normalized spacial score (nSPS) is 14.3. The number of aliphatic hydroxyl groups is 4. The molecular formula is C70H140O6. The zero-order valence-corrected chi connectivity index (χ0v) is 52.4. The van der Waals surface area contributed by atoms with E-state index in [2.05, 4.69) is 27.7 Å². The Hall–Kier alpha value is -0.530. The standard InChI is InChI=1S/C70H140O6/c1-5-9-13-17-21-25-29-33-37-41-45-49-53-57-61-67(73)70(63-59-55-51-47-43-39-35-31-27-23-19-15-11-7-3,76-64-60-56-52-48-44-40-36-32-28-24-20-16-12-8-4)69(75,68(74)66(72)65-71)62-58-54-50-46-42-38-34-30-26-22-18-14-10-6-2/h66,68,71-72,74-75H,5-65H2,1-4H3/t66?,68?,69?,70-/m0/s1. The number of ketones is 1. The Morgan fingerprint density at radius 1 is 0.329 bits per heavy atom. The van der Waals surface area contributed by atoms with Gasteiger partial charge in [-0.1, -0.05) is 368 Å². The Labute approximate surface area is 476 Å². The highest BCUT2D eigenvalue weighted by atomic mass is 16.5. The van der Waals surface area contributed by atoms with Gasteiger partial charge in [-0.25, -0.2) is 0 Å².